The predicted molar refractivity (Wildman–Crippen MR) is 80.2 cm³/mol. The first kappa shape index (κ1) is 15.9. The first-order valence-corrected chi connectivity index (χ1v) is 7.83. The summed E-state index contributed by atoms with van der Waals surface area (Å²) in [4.78, 5) is 5.05. The lowest BCUT2D eigenvalue weighted by Gasteiger charge is -2.35. The van der Waals surface area contributed by atoms with Gasteiger partial charge >= 0.3 is 0 Å². The maximum absolute atomic E-state index is 3.47. The van der Waals surface area contributed by atoms with Crippen molar-refractivity contribution in [3.63, 3.8) is 0 Å². The molecule has 0 spiro atoms. The van der Waals surface area contributed by atoms with Gasteiger partial charge < -0.3 is 15.1 Å². The molecule has 0 aromatic carbocycles. The van der Waals surface area contributed by atoms with Crippen LogP contribution in [-0.2, 0) is 0 Å². The third-order valence-corrected chi connectivity index (χ3v) is 4.01. The molecule has 1 saturated heterocycles. The topological polar surface area (TPSA) is 18.5 Å². The van der Waals surface area contributed by atoms with Crippen molar-refractivity contribution in [2.24, 2.45) is 0 Å². The molecular weight excluding hydrogens is 222 g/mol. The van der Waals surface area contributed by atoms with Gasteiger partial charge in [-0.15, -0.1) is 0 Å². The van der Waals surface area contributed by atoms with Gasteiger partial charge in [0.1, 0.15) is 0 Å². The first-order valence-electron chi connectivity index (χ1n) is 7.83. The molecule has 0 amide bonds. The number of likely N-dealkylation sites (tertiary alicyclic amines) is 1. The van der Waals surface area contributed by atoms with Crippen molar-refractivity contribution in [2.75, 3.05) is 46.8 Å². The molecule has 1 aliphatic rings. The molecule has 0 radical (unpaired) electrons. The van der Waals surface area contributed by atoms with Crippen LogP contribution in [0.15, 0.2) is 0 Å². The van der Waals surface area contributed by atoms with Crippen LogP contribution in [0.1, 0.15) is 45.4 Å². The van der Waals surface area contributed by atoms with E-state index in [4.69, 9.17) is 0 Å². The Morgan fingerprint density at radius 1 is 1.22 bits per heavy atom. The van der Waals surface area contributed by atoms with Crippen LogP contribution >= 0.6 is 0 Å². The molecule has 108 valence electrons. The molecule has 0 aromatic rings. The van der Waals surface area contributed by atoms with E-state index in [1.807, 2.05) is 0 Å². The Balaban J connectivity index is 1.97. The fourth-order valence-electron chi connectivity index (χ4n) is 2.77. The maximum Gasteiger partial charge on any atom is 0.0220 e. The molecule has 3 heteroatoms. The van der Waals surface area contributed by atoms with Crippen LogP contribution in [0.3, 0.4) is 0 Å². The van der Waals surface area contributed by atoms with Crippen LogP contribution in [-0.4, -0.2) is 62.7 Å². The van der Waals surface area contributed by atoms with E-state index in [2.05, 4.69) is 36.1 Å². The molecule has 0 aromatic heterocycles. The average molecular weight is 255 g/mol. The number of hydrogen-bond acceptors (Lipinski definition) is 3. The van der Waals surface area contributed by atoms with Gasteiger partial charge in [0.2, 0.25) is 0 Å². The monoisotopic (exact) mass is 255 g/mol. The Morgan fingerprint density at radius 2 is 2.06 bits per heavy atom. The highest BCUT2D eigenvalue weighted by Crippen LogP contribution is 2.13. The summed E-state index contributed by atoms with van der Waals surface area (Å²) in [6.07, 6.45) is 8.05. The minimum Gasteiger partial charge on any atom is -0.317 e. The van der Waals surface area contributed by atoms with Gasteiger partial charge in [0, 0.05) is 12.6 Å². The van der Waals surface area contributed by atoms with Gasteiger partial charge in [-0.1, -0.05) is 13.3 Å². The first-order chi connectivity index (χ1) is 8.74. The van der Waals surface area contributed by atoms with Gasteiger partial charge in [-0.25, -0.2) is 0 Å². The second-order valence-corrected chi connectivity index (χ2v) is 5.85. The summed E-state index contributed by atoms with van der Waals surface area (Å²) in [5.74, 6) is 0. The van der Waals surface area contributed by atoms with Crippen molar-refractivity contribution in [2.45, 2.75) is 51.5 Å². The summed E-state index contributed by atoms with van der Waals surface area (Å²) in [5.41, 5.74) is 0. The van der Waals surface area contributed by atoms with Gasteiger partial charge in [0.25, 0.3) is 0 Å². The van der Waals surface area contributed by atoms with Gasteiger partial charge in [0.05, 0.1) is 0 Å². The lowest BCUT2D eigenvalue weighted by atomic mass is 10.0. The molecule has 1 N–H and O–H groups in total. The normalized spacial score (nSPS) is 21.7. The lowest BCUT2D eigenvalue weighted by molar-refractivity contribution is 0.133. The summed E-state index contributed by atoms with van der Waals surface area (Å²) in [7, 11) is 4.55. The maximum atomic E-state index is 3.47. The fraction of sp³-hybridized carbons (Fsp3) is 1.00. The standard InChI is InChI=1S/C15H33N3/c1-4-10-16-11-6-5-7-13-18(3)15-9-8-12-17(2)14-15/h15-16H,4-14H2,1-3H3. The zero-order chi connectivity index (χ0) is 13.2. The molecule has 1 aliphatic heterocycles. The zero-order valence-electron chi connectivity index (χ0n) is 12.7. The van der Waals surface area contributed by atoms with E-state index < -0.39 is 0 Å². The molecule has 1 heterocycles. The Kier molecular flexibility index (Phi) is 8.64. The van der Waals surface area contributed by atoms with E-state index >= 15 is 0 Å². The largest absolute Gasteiger partial charge is 0.317 e. The number of rotatable bonds is 9. The number of likely N-dealkylation sites (N-methyl/N-ethyl adjacent to an activating group) is 2. The third kappa shape index (κ3) is 6.72. The summed E-state index contributed by atoms with van der Waals surface area (Å²) < 4.78 is 0. The number of hydrogen-bond donors (Lipinski definition) is 1. The van der Waals surface area contributed by atoms with Crippen LogP contribution in [0, 0.1) is 0 Å². The molecule has 1 rings (SSSR count). The molecule has 0 bridgehead atoms. The van der Waals surface area contributed by atoms with Crippen molar-refractivity contribution in [3.05, 3.63) is 0 Å². The quantitative estimate of drug-likeness (QED) is 0.637. The Hall–Kier alpha value is -0.120. The summed E-state index contributed by atoms with van der Waals surface area (Å²) in [6.45, 7) is 8.41. The van der Waals surface area contributed by atoms with Gasteiger partial charge in [-0.05, 0) is 72.4 Å². The Bertz CT molecular complexity index is 196. The Labute approximate surface area is 114 Å². The van der Waals surface area contributed by atoms with Crippen molar-refractivity contribution < 1.29 is 0 Å². The van der Waals surface area contributed by atoms with E-state index in [0.29, 0.717) is 0 Å². The number of unbranched alkanes of at least 4 members (excludes halogenated alkanes) is 2. The third-order valence-electron chi connectivity index (χ3n) is 4.01. The number of nitrogens with one attached hydrogen (secondary N) is 1. The van der Waals surface area contributed by atoms with Crippen LogP contribution in [0.5, 0.6) is 0 Å². The van der Waals surface area contributed by atoms with Crippen molar-refractivity contribution in [1.82, 2.24) is 15.1 Å². The molecule has 3 nitrogen and oxygen atoms in total. The smallest absolute Gasteiger partial charge is 0.0220 e. The molecule has 1 atom stereocenters. The molecule has 1 unspecified atom stereocenters. The second kappa shape index (κ2) is 9.76. The minimum atomic E-state index is 0.793. The fourth-order valence-corrected chi connectivity index (χ4v) is 2.77. The van der Waals surface area contributed by atoms with E-state index in [1.165, 1.54) is 71.2 Å². The van der Waals surface area contributed by atoms with Crippen molar-refractivity contribution in [1.29, 1.82) is 0 Å². The van der Waals surface area contributed by atoms with E-state index in [9.17, 15) is 0 Å². The number of piperidine rings is 1. The van der Waals surface area contributed by atoms with Crippen LogP contribution < -0.4 is 5.32 Å². The molecule has 0 saturated carbocycles. The van der Waals surface area contributed by atoms with Crippen LogP contribution in [0.4, 0.5) is 0 Å². The van der Waals surface area contributed by atoms with E-state index in [1.54, 1.807) is 0 Å². The highest BCUT2D eigenvalue weighted by Gasteiger charge is 2.20. The average Bonchev–Trinajstić information content (AvgIpc) is 2.37. The van der Waals surface area contributed by atoms with Crippen LogP contribution in [0.25, 0.3) is 0 Å². The number of nitrogens with zero attached hydrogens (tertiary/aromatic N) is 2. The summed E-state index contributed by atoms with van der Waals surface area (Å²) >= 11 is 0. The zero-order valence-corrected chi connectivity index (χ0v) is 12.7. The highest BCUT2D eigenvalue weighted by molar-refractivity contribution is 4.77. The highest BCUT2D eigenvalue weighted by atomic mass is 15.2. The summed E-state index contributed by atoms with van der Waals surface area (Å²) in [5, 5.41) is 3.47. The molecule has 0 aliphatic carbocycles. The van der Waals surface area contributed by atoms with E-state index in [-0.39, 0.29) is 0 Å². The molecule has 18 heavy (non-hydrogen) atoms. The van der Waals surface area contributed by atoms with Crippen molar-refractivity contribution in [3.8, 4) is 0 Å². The van der Waals surface area contributed by atoms with Crippen molar-refractivity contribution >= 4 is 0 Å². The second-order valence-electron chi connectivity index (χ2n) is 5.85. The van der Waals surface area contributed by atoms with E-state index in [0.717, 1.165) is 6.04 Å². The van der Waals surface area contributed by atoms with Gasteiger partial charge in [-0.2, -0.15) is 0 Å². The molecular formula is C15H33N3. The lowest BCUT2D eigenvalue weighted by Crippen LogP contribution is -2.45. The predicted octanol–water partition coefficient (Wildman–Crippen LogP) is 2.18. The van der Waals surface area contributed by atoms with Crippen LogP contribution in [0.2, 0.25) is 0 Å². The summed E-state index contributed by atoms with van der Waals surface area (Å²) in [6, 6.07) is 0.793. The minimum absolute atomic E-state index is 0.793. The van der Waals surface area contributed by atoms with Gasteiger partial charge in [-0.3, -0.25) is 0 Å². The SMILES string of the molecule is CCCNCCCCCN(C)C1CCCN(C)C1. The van der Waals surface area contributed by atoms with Gasteiger partial charge in [0.15, 0.2) is 0 Å². The molecule has 1 fully saturated rings. The Morgan fingerprint density at radius 3 is 2.78 bits per heavy atom.